The molecule has 1 aliphatic rings. The third-order valence-corrected chi connectivity index (χ3v) is 1.72. The van der Waals surface area contributed by atoms with Crippen LogP contribution in [0.3, 0.4) is 0 Å². The molecule has 1 rings (SSSR count). The Labute approximate surface area is 46.1 Å². The van der Waals surface area contributed by atoms with Gasteiger partial charge in [-0.2, -0.15) is 0 Å². The van der Waals surface area contributed by atoms with Gasteiger partial charge in [0.25, 0.3) is 0 Å². The summed E-state index contributed by atoms with van der Waals surface area (Å²) in [6.45, 7) is 4.92. The van der Waals surface area contributed by atoms with Crippen LogP contribution in [-0.4, -0.2) is 25.9 Å². The van der Waals surface area contributed by atoms with Gasteiger partial charge >= 0.3 is 0 Å². The normalized spacial score (nSPS) is 24.7. The smallest absolute Gasteiger partial charge is 0.185 e. The summed E-state index contributed by atoms with van der Waals surface area (Å²) in [4.78, 5) is 2.36. The fourth-order valence-electron chi connectivity index (χ4n) is 1.09. The summed E-state index contributed by atoms with van der Waals surface area (Å²) in [7, 11) is 2.17. The van der Waals surface area contributed by atoms with Crippen molar-refractivity contribution < 1.29 is 0 Å². The van der Waals surface area contributed by atoms with E-state index in [9.17, 15) is 0 Å². The second-order valence-corrected chi connectivity index (χ2v) is 2.50. The van der Waals surface area contributed by atoms with Crippen LogP contribution in [0.15, 0.2) is 0 Å². The lowest BCUT2D eigenvalue weighted by Crippen LogP contribution is -2.44. The zero-order valence-electron chi connectivity index (χ0n) is 5.15. The minimum Gasteiger partial charge on any atom is -0.348 e. The van der Waals surface area contributed by atoms with Crippen LogP contribution in [0.5, 0.6) is 0 Å². The summed E-state index contributed by atoms with van der Waals surface area (Å²) in [6.07, 6.45) is 1.37. The van der Waals surface area contributed by atoms with Crippen LogP contribution in [0.2, 0.25) is 0 Å². The fourth-order valence-corrected chi connectivity index (χ4v) is 1.09. The minimum atomic E-state index is 1.02. The lowest BCUT2D eigenvalue weighted by atomic mass is 9.94. The van der Waals surface area contributed by atoms with Gasteiger partial charge < -0.3 is 4.81 Å². The Morgan fingerprint density at radius 1 is 1.71 bits per heavy atom. The summed E-state index contributed by atoms with van der Waals surface area (Å²) in [5, 5.41) is 0. The van der Waals surface area contributed by atoms with Crippen LogP contribution in [0, 0.1) is 5.92 Å². The van der Waals surface area contributed by atoms with Crippen LogP contribution in [0.1, 0.15) is 13.3 Å². The lowest BCUT2D eigenvalue weighted by Gasteiger charge is -2.36. The highest BCUT2D eigenvalue weighted by Gasteiger charge is 2.19. The second-order valence-electron chi connectivity index (χ2n) is 2.50. The van der Waals surface area contributed by atoms with E-state index >= 15 is 0 Å². The SMILES string of the molecule is BN1CC(CC)C1. The van der Waals surface area contributed by atoms with Gasteiger partial charge in [0.2, 0.25) is 0 Å². The molecule has 7 heavy (non-hydrogen) atoms. The first-order valence-corrected chi connectivity index (χ1v) is 3.01. The molecule has 40 valence electrons. The van der Waals surface area contributed by atoms with Gasteiger partial charge in [-0.3, -0.25) is 0 Å². The van der Waals surface area contributed by atoms with Crippen molar-refractivity contribution in [3.05, 3.63) is 0 Å². The summed E-state index contributed by atoms with van der Waals surface area (Å²) >= 11 is 0. The van der Waals surface area contributed by atoms with Gasteiger partial charge in [-0.1, -0.05) is 13.3 Å². The molecule has 1 heterocycles. The van der Waals surface area contributed by atoms with Crippen molar-refractivity contribution in [2.75, 3.05) is 13.1 Å². The zero-order valence-corrected chi connectivity index (χ0v) is 5.15. The van der Waals surface area contributed by atoms with Crippen molar-refractivity contribution in [3.8, 4) is 0 Å². The van der Waals surface area contributed by atoms with Gasteiger partial charge in [0.1, 0.15) is 0 Å². The maximum Gasteiger partial charge on any atom is 0.185 e. The van der Waals surface area contributed by atoms with Crippen LogP contribution < -0.4 is 0 Å². The largest absolute Gasteiger partial charge is 0.348 e. The van der Waals surface area contributed by atoms with Gasteiger partial charge in [-0.25, -0.2) is 0 Å². The Kier molecular flexibility index (Phi) is 1.38. The summed E-state index contributed by atoms with van der Waals surface area (Å²) in [6, 6.07) is 0. The number of rotatable bonds is 1. The third kappa shape index (κ3) is 0.971. The highest BCUT2D eigenvalue weighted by atomic mass is 15.1. The van der Waals surface area contributed by atoms with Gasteiger partial charge in [-0.15, -0.1) is 0 Å². The first-order chi connectivity index (χ1) is 3.33. The molecule has 0 amide bonds. The molecule has 1 saturated heterocycles. The molecule has 1 aliphatic heterocycles. The Hall–Kier alpha value is 0.0249. The van der Waals surface area contributed by atoms with Crippen LogP contribution in [-0.2, 0) is 0 Å². The molecule has 0 aromatic heterocycles. The summed E-state index contributed by atoms with van der Waals surface area (Å²) in [5.41, 5.74) is 0. The Bertz CT molecular complexity index is 59.1. The Balaban J connectivity index is 2.06. The molecule has 0 saturated carbocycles. The van der Waals surface area contributed by atoms with Gasteiger partial charge in [0.05, 0.1) is 0 Å². The Morgan fingerprint density at radius 3 is 2.43 bits per heavy atom. The highest BCUT2D eigenvalue weighted by molar-refractivity contribution is 6.04. The van der Waals surface area contributed by atoms with E-state index < -0.39 is 0 Å². The van der Waals surface area contributed by atoms with Gasteiger partial charge in [0.15, 0.2) is 7.98 Å². The summed E-state index contributed by atoms with van der Waals surface area (Å²) in [5.74, 6) is 1.02. The third-order valence-electron chi connectivity index (χ3n) is 1.72. The van der Waals surface area contributed by atoms with Crippen LogP contribution in [0.25, 0.3) is 0 Å². The topological polar surface area (TPSA) is 3.24 Å². The quantitative estimate of drug-likeness (QED) is 0.412. The van der Waals surface area contributed by atoms with Crippen LogP contribution >= 0.6 is 0 Å². The van der Waals surface area contributed by atoms with Gasteiger partial charge in [-0.05, 0) is 19.0 Å². The van der Waals surface area contributed by atoms with E-state index in [1.165, 1.54) is 19.5 Å². The fraction of sp³-hybridized carbons (Fsp3) is 1.00. The monoisotopic (exact) mass is 97.1 g/mol. The number of hydrogen-bond donors (Lipinski definition) is 0. The molecule has 0 unspecified atom stereocenters. The molecule has 0 aliphatic carbocycles. The first kappa shape index (κ1) is 5.17. The van der Waals surface area contributed by atoms with E-state index in [1.54, 1.807) is 0 Å². The molecule has 0 spiro atoms. The highest BCUT2D eigenvalue weighted by Crippen LogP contribution is 2.14. The van der Waals surface area contributed by atoms with E-state index in [1.807, 2.05) is 0 Å². The van der Waals surface area contributed by atoms with Crippen molar-refractivity contribution in [2.24, 2.45) is 5.92 Å². The van der Waals surface area contributed by atoms with E-state index in [-0.39, 0.29) is 0 Å². The standard InChI is InChI=1S/C5H12BN/c1-2-5-3-7(6)4-5/h5H,2-4,6H2,1H3. The zero-order chi connectivity index (χ0) is 5.28. The predicted octanol–water partition coefficient (Wildman–Crippen LogP) is -0.124. The minimum absolute atomic E-state index is 1.02. The van der Waals surface area contributed by atoms with E-state index in [0.29, 0.717) is 0 Å². The molecule has 2 heteroatoms. The molecule has 0 atom stereocenters. The van der Waals surface area contributed by atoms with Crippen molar-refractivity contribution in [1.82, 2.24) is 4.81 Å². The lowest BCUT2D eigenvalue weighted by molar-refractivity contribution is 0.203. The summed E-state index contributed by atoms with van der Waals surface area (Å²) < 4.78 is 0. The molecular weight excluding hydrogens is 84.9 g/mol. The average Bonchev–Trinajstić information content (AvgIpc) is 1.58. The van der Waals surface area contributed by atoms with Gasteiger partial charge in [0, 0.05) is 0 Å². The van der Waals surface area contributed by atoms with E-state index in [0.717, 1.165) is 5.92 Å². The average molecular weight is 97.0 g/mol. The Morgan fingerprint density at radius 2 is 2.29 bits per heavy atom. The molecule has 1 nitrogen and oxygen atoms in total. The first-order valence-electron chi connectivity index (χ1n) is 3.01. The van der Waals surface area contributed by atoms with Crippen molar-refractivity contribution in [2.45, 2.75) is 13.3 Å². The van der Waals surface area contributed by atoms with Crippen molar-refractivity contribution in [3.63, 3.8) is 0 Å². The molecule has 0 aromatic carbocycles. The maximum atomic E-state index is 2.36. The molecule has 0 radical (unpaired) electrons. The number of nitrogens with zero attached hydrogens (tertiary/aromatic N) is 1. The second kappa shape index (κ2) is 1.87. The van der Waals surface area contributed by atoms with E-state index in [2.05, 4.69) is 19.7 Å². The van der Waals surface area contributed by atoms with Crippen molar-refractivity contribution >= 4 is 7.98 Å². The van der Waals surface area contributed by atoms with Crippen LogP contribution in [0.4, 0.5) is 0 Å². The molecule has 1 fully saturated rings. The van der Waals surface area contributed by atoms with E-state index in [4.69, 9.17) is 0 Å². The van der Waals surface area contributed by atoms with Crippen molar-refractivity contribution in [1.29, 1.82) is 0 Å². The number of hydrogen-bond acceptors (Lipinski definition) is 1. The molecular formula is C5H12BN. The molecule has 0 bridgehead atoms. The molecule has 0 N–H and O–H groups in total. The maximum absolute atomic E-state index is 2.36. The molecule has 0 aromatic rings. The predicted molar refractivity (Wildman–Crippen MR) is 33.9 cm³/mol.